The average Bonchev–Trinajstić information content (AvgIpc) is 2.81. The van der Waals surface area contributed by atoms with Crippen molar-refractivity contribution in [3.05, 3.63) is 70.7 Å². The Morgan fingerprint density at radius 1 is 1.21 bits per heavy atom. The first-order valence-corrected chi connectivity index (χ1v) is 10.9. The van der Waals surface area contributed by atoms with Crippen molar-refractivity contribution < 1.29 is 33.6 Å². The van der Waals surface area contributed by atoms with Gasteiger partial charge in [-0.25, -0.2) is 4.79 Å². The number of carboxylic acid groups (broad SMARTS) is 1. The number of halogens is 1. The number of carbonyl (C=O) groups is 2. The second-order valence-corrected chi connectivity index (χ2v) is 7.61. The number of rotatable bonds is 7. The smallest absolute Gasteiger partial charge is 0.493 e. The fourth-order valence-corrected chi connectivity index (χ4v) is 3.59. The molecule has 10 heteroatoms. The lowest BCUT2D eigenvalue weighted by molar-refractivity contribution is 0.0326. The summed E-state index contributed by atoms with van der Waals surface area (Å²) in [7, 11) is 0. The molecule has 4 rings (SSSR count). The summed E-state index contributed by atoms with van der Waals surface area (Å²) < 4.78 is 21.7. The molecule has 176 valence electrons. The van der Waals surface area contributed by atoms with Crippen molar-refractivity contribution in [3.63, 3.8) is 0 Å². The molecule has 0 bridgehead atoms. The van der Waals surface area contributed by atoms with E-state index in [2.05, 4.69) is 10.3 Å². The molecule has 1 amide bonds. The molecule has 9 nitrogen and oxygen atoms in total. The van der Waals surface area contributed by atoms with Crippen LogP contribution in [0.2, 0.25) is 5.02 Å². The van der Waals surface area contributed by atoms with Gasteiger partial charge in [0.1, 0.15) is 29.2 Å². The van der Waals surface area contributed by atoms with E-state index in [1.54, 1.807) is 54.6 Å². The number of nitrogens with zero attached hydrogens (tertiary/aromatic N) is 1. The quantitative estimate of drug-likeness (QED) is 0.410. The number of pyridine rings is 1. The number of fused-ring (bicyclic) bond motifs is 1. The van der Waals surface area contributed by atoms with Gasteiger partial charge in [0, 0.05) is 29.7 Å². The van der Waals surface area contributed by atoms with Gasteiger partial charge in [0.2, 0.25) is 5.88 Å². The summed E-state index contributed by atoms with van der Waals surface area (Å²) in [6, 6.07) is 14.8. The summed E-state index contributed by atoms with van der Waals surface area (Å²) in [5.41, 5.74) is 0.949. The minimum Gasteiger partial charge on any atom is -0.493 e. The van der Waals surface area contributed by atoms with Gasteiger partial charge < -0.3 is 29.4 Å². The Kier molecular flexibility index (Phi) is 7.03. The lowest BCUT2D eigenvalue weighted by Gasteiger charge is -2.25. The van der Waals surface area contributed by atoms with E-state index >= 15 is 0 Å². The van der Waals surface area contributed by atoms with Crippen molar-refractivity contribution in [2.24, 2.45) is 0 Å². The fourth-order valence-electron chi connectivity index (χ4n) is 3.38. The molecule has 2 heterocycles. The van der Waals surface area contributed by atoms with Gasteiger partial charge in [-0.2, -0.15) is 4.98 Å². The molecule has 0 aliphatic carbocycles. The third-order valence-electron chi connectivity index (χ3n) is 4.89. The second-order valence-electron chi connectivity index (χ2n) is 7.20. The predicted molar refractivity (Wildman–Crippen MR) is 123 cm³/mol. The maximum Gasteiger partial charge on any atom is 0.506 e. The molecule has 2 aromatic carbocycles. The largest absolute Gasteiger partial charge is 0.506 e. The molecule has 2 N–H and O–H groups in total. The van der Waals surface area contributed by atoms with Gasteiger partial charge in [0.25, 0.3) is 5.91 Å². The molecule has 1 atom stereocenters. The SMILES string of the molecule is CCOc1cccc(NC(=O)c2ccc(Oc3cc4c(cc3Cl)C(OC(=O)O)CCO4)cc2)n1. The summed E-state index contributed by atoms with van der Waals surface area (Å²) >= 11 is 6.36. The van der Waals surface area contributed by atoms with Gasteiger partial charge in [-0.15, -0.1) is 0 Å². The van der Waals surface area contributed by atoms with Crippen LogP contribution in [0.5, 0.6) is 23.1 Å². The number of anilines is 1. The first-order chi connectivity index (χ1) is 16.4. The van der Waals surface area contributed by atoms with Gasteiger partial charge in [-0.05, 0) is 43.3 Å². The Balaban J connectivity index is 1.45. The second kappa shape index (κ2) is 10.3. The standard InChI is InChI=1S/C24H21ClN2O7/c1-2-31-22-5-3-4-21(26-22)27-23(28)14-6-8-15(9-7-14)33-20-13-19-16(12-17(20)25)18(10-11-32-19)34-24(29)30/h3-9,12-13,18H,2,10-11H2,1H3,(H,29,30)(H,26,27,28). The highest BCUT2D eigenvalue weighted by molar-refractivity contribution is 6.32. The molecule has 0 fully saturated rings. The lowest BCUT2D eigenvalue weighted by atomic mass is 10.0. The minimum absolute atomic E-state index is 0.269. The van der Waals surface area contributed by atoms with Crippen molar-refractivity contribution >= 4 is 29.5 Å². The van der Waals surface area contributed by atoms with Crippen LogP contribution in [0.1, 0.15) is 35.4 Å². The van der Waals surface area contributed by atoms with Crippen LogP contribution in [-0.4, -0.2) is 35.4 Å². The monoisotopic (exact) mass is 484 g/mol. The van der Waals surface area contributed by atoms with Gasteiger partial charge in [0.15, 0.2) is 0 Å². The molecule has 34 heavy (non-hydrogen) atoms. The van der Waals surface area contributed by atoms with Gasteiger partial charge in [0.05, 0.1) is 18.2 Å². The van der Waals surface area contributed by atoms with Crippen LogP contribution >= 0.6 is 11.6 Å². The Morgan fingerprint density at radius 3 is 2.74 bits per heavy atom. The number of benzene rings is 2. The highest BCUT2D eigenvalue weighted by atomic mass is 35.5. The zero-order valence-corrected chi connectivity index (χ0v) is 18.9. The summed E-state index contributed by atoms with van der Waals surface area (Å²) in [5.74, 6) is 1.68. The predicted octanol–water partition coefficient (Wildman–Crippen LogP) is 5.70. The number of ether oxygens (including phenoxy) is 4. The Hall–Kier alpha value is -3.98. The topological polar surface area (TPSA) is 116 Å². The van der Waals surface area contributed by atoms with Gasteiger partial charge >= 0.3 is 6.16 Å². The van der Waals surface area contributed by atoms with Crippen LogP contribution < -0.4 is 19.5 Å². The van der Waals surface area contributed by atoms with Crippen LogP contribution in [0.3, 0.4) is 0 Å². The molecular formula is C24H21ClN2O7. The number of amides is 1. The van der Waals surface area contributed by atoms with Gasteiger partial charge in [-0.1, -0.05) is 17.7 Å². The highest BCUT2D eigenvalue weighted by Crippen LogP contribution is 2.42. The Morgan fingerprint density at radius 2 is 2.00 bits per heavy atom. The number of hydrogen-bond acceptors (Lipinski definition) is 7. The van der Waals surface area contributed by atoms with E-state index in [9.17, 15) is 9.59 Å². The summed E-state index contributed by atoms with van der Waals surface area (Å²) in [4.78, 5) is 27.7. The third kappa shape index (κ3) is 5.49. The van der Waals surface area contributed by atoms with Crippen LogP contribution in [0.4, 0.5) is 10.6 Å². The van der Waals surface area contributed by atoms with Crippen molar-refractivity contribution in [1.29, 1.82) is 0 Å². The zero-order chi connectivity index (χ0) is 24.1. The van der Waals surface area contributed by atoms with Crippen LogP contribution in [-0.2, 0) is 4.74 Å². The van der Waals surface area contributed by atoms with E-state index in [0.717, 1.165) is 0 Å². The third-order valence-corrected chi connectivity index (χ3v) is 5.19. The normalized spacial score (nSPS) is 14.4. The van der Waals surface area contributed by atoms with E-state index in [-0.39, 0.29) is 10.9 Å². The summed E-state index contributed by atoms with van der Waals surface area (Å²) in [5, 5.41) is 11.9. The first-order valence-electron chi connectivity index (χ1n) is 10.5. The molecule has 1 aromatic heterocycles. The van der Waals surface area contributed by atoms with E-state index in [1.165, 1.54) is 0 Å². The van der Waals surface area contributed by atoms with Crippen LogP contribution in [0.15, 0.2) is 54.6 Å². The van der Waals surface area contributed by atoms with Crippen molar-refractivity contribution in [3.8, 4) is 23.1 Å². The van der Waals surface area contributed by atoms with Crippen LogP contribution in [0, 0.1) is 0 Å². The van der Waals surface area contributed by atoms with E-state index < -0.39 is 12.3 Å². The molecular weight excluding hydrogens is 464 g/mol. The number of nitrogens with one attached hydrogen (secondary N) is 1. The van der Waals surface area contributed by atoms with E-state index in [0.29, 0.717) is 59.7 Å². The van der Waals surface area contributed by atoms with E-state index in [4.69, 9.17) is 35.7 Å². The van der Waals surface area contributed by atoms with Crippen molar-refractivity contribution in [2.75, 3.05) is 18.5 Å². The van der Waals surface area contributed by atoms with Gasteiger partial charge in [-0.3, -0.25) is 4.79 Å². The summed E-state index contributed by atoms with van der Waals surface area (Å²) in [6.45, 7) is 2.63. The number of aromatic nitrogens is 1. The Bertz CT molecular complexity index is 1200. The number of hydrogen-bond donors (Lipinski definition) is 2. The average molecular weight is 485 g/mol. The van der Waals surface area contributed by atoms with E-state index in [1.807, 2.05) is 6.92 Å². The molecule has 1 aliphatic rings. The summed E-state index contributed by atoms with van der Waals surface area (Å²) in [6.07, 6.45) is -1.63. The first kappa shape index (κ1) is 23.2. The molecule has 3 aromatic rings. The molecule has 0 saturated heterocycles. The highest BCUT2D eigenvalue weighted by Gasteiger charge is 2.27. The molecule has 0 spiro atoms. The lowest BCUT2D eigenvalue weighted by Crippen LogP contribution is -2.18. The zero-order valence-electron chi connectivity index (χ0n) is 18.1. The van der Waals surface area contributed by atoms with Crippen molar-refractivity contribution in [1.82, 2.24) is 4.98 Å². The molecule has 1 aliphatic heterocycles. The molecule has 1 unspecified atom stereocenters. The molecule has 0 radical (unpaired) electrons. The Labute approximate surface area is 200 Å². The number of carbonyl (C=O) groups excluding carboxylic acids is 1. The minimum atomic E-state index is -1.36. The molecule has 0 saturated carbocycles. The maximum absolute atomic E-state index is 12.6. The fraction of sp³-hybridized carbons (Fsp3) is 0.208. The van der Waals surface area contributed by atoms with Crippen LogP contribution in [0.25, 0.3) is 0 Å². The maximum atomic E-state index is 12.6. The van der Waals surface area contributed by atoms with Crippen molar-refractivity contribution in [2.45, 2.75) is 19.4 Å².